The molecule has 2 aliphatic heterocycles. The van der Waals surface area contributed by atoms with E-state index in [-0.39, 0.29) is 11.5 Å². The van der Waals surface area contributed by atoms with Gasteiger partial charge >= 0.3 is 0 Å². The van der Waals surface area contributed by atoms with E-state index >= 15 is 0 Å². The Labute approximate surface area is 177 Å². The van der Waals surface area contributed by atoms with Crippen LogP contribution in [0.5, 0.6) is 5.75 Å². The molecule has 6 heteroatoms. The molecule has 0 aliphatic carbocycles. The minimum atomic E-state index is -0.357. The molecule has 2 aromatic carbocycles. The zero-order valence-corrected chi connectivity index (χ0v) is 17.2. The van der Waals surface area contributed by atoms with E-state index in [9.17, 15) is 10.1 Å². The second-order valence-electron chi connectivity index (χ2n) is 7.70. The third-order valence-electron chi connectivity index (χ3n) is 6.01. The first-order valence-electron chi connectivity index (χ1n) is 10.3. The van der Waals surface area contributed by atoms with Crippen LogP contribution in [0.2, 0.25) is 0 Å². The van der Waals surface area contributed by atoms with E-state index in [1.165, 1.54) is 11.1 Å². The summed E-state index contributed by atoms with van der Waals surface area (Å²) in [6.07, 6.45) is 2.34. The zero-order chi connectivity index (χ0) is 21.0. The Morgan fingerprint density at radius 2 is 2.00 bits per heavy atom. The summed E-state index contributed by atoms with van der Waals surface area (Å²) in [5.74, 6) is 0.767. The van der Waals surface area contributed by atoms with Crippen molar-refractivity contribution in [3.63, 3.8) is 0 Å². The smallest absolute Gasteiger partial charge is 0.255 e. The average Bonchev–Trinajstić information content (AvgIpc) is 2.79. The van der Waals surface area contributed by atoms with Crippen molar-refractivity contribution in [1.82, 2.24) is 4.90 Å². The highest BCUT2D eigenvalue weighted by atomic mass is 16.5. The van der Waals surface area contributed by atoms with Crippen LogP contribution in [0.3, 0.4) is 0 Å². The third kappa shape index (κ3) is 3.91. The highest BCUT2D eigenvalue weighted by Gasteiger charge is 2.42. The molecule has 1 spiro atoms. The summed E-state index contributed by atoms with van der Waals surface area (Å²) in [5, 5.41) is 9.31. The predicted molar refractivity (Wildman–Crippen MR) is 111 cm³/mol. The number of piperidine rings is 1. The molecule has 6 nitrogen and oxygen atoms in total. The van der Waals surface area contributed by atoms with Gasteiger partial charge in [-0.2, -0.15) is 5.26 Å². The molecule has 2 heterocycles. The van der Waals surface area contributed by atoms with Crippen molar-refractivity contribution in [2.24, 2.45) is 0 Å². The summed E-state index contributed by atoms with van der Waals surface area (Å²) in [5.41, 5.74) is 2.99. The average molecular weight is 406 g/mol. The molecule has 1 saturated heterocycles. The fourth-order valence-electron chi connectivity index (χ4n) is 4.41. The topological polar surface area (TPSA) is 71.8 Å². The van der Waals surface area contributed by atoms with Gasteiger partial charge in [0.1, 0.15) is 12.4 Å². The van der Waals surface area contributed by atoms with E-state index in [2.05, 4.69) is 18.2 Å². The fourth-order valence-corrected chi connectivity index (χ4v) is 4.41. The molecule has 0 aromatic heterocycles. The van der Waals surface area contributed by atoms with Gasteiger partial charge < -0.3 is 19.1 Å². The molecule has 0 bridgehead atoms. The number of fused-ring (bicyclic) bond motifs is 2. The third-order valence-corrected chi connectivity index (χ3v) is 6.01. The maximum absolute atomic E-state index is 13.0. The maximum Gasteiger partial charge on any atom is 0.255 e. The van der Waals surface area contributed by atoms with E-state index in [4.69, 9.17) is 14.2 Å². The lowest BCUT2D eigenvalue weighted by atomic mass is 9.79. The first-order chi connectivity index (χ1) is 14.7. The largest absolute Gasteiger partial charge is 0.491 e. The van der Waals surface area contributed by atoms with Gasteiger partial charge in [0.25, 0.3) is 5.91 Å². The molecule has 1 amide bonds. The number of nitrogens with zero attached hydrogens (tertiary/aromatic N) is 2. The van der Waals surface area contributed by atoms with Gasteiger partial charge in [-0.15, -0.1) is 0 Å². The van der Waals surface area contributed by atoms with Crippen molar-refractivity contribution in [2.75, 3.05) is 40.0 Å². The van der Waals surface area contributed by atoms with Crippen molar-refractivity contribution in [2.45, 2.75) is 24.9 Å². The standard InChI is InChI=1S/C24H26N2O4/c1-28-14-15-29-20-6-7-22-18(16-20)8-13-30-24(22)9-11-26(12-10-24)23(27)21-5-3-2-4-19(21)17-25/h2-7,16H,8-15H2,1H3. The van der Waals surface area contributed by atoms with E-state index in [0.717, 1.165) is 25.0 Å². The number of nitriles is 1. The first-order valence-corrected chi connectivity index (χ1v) is 10.3. The van der Waals surface area contributed by atoms with Crippen LogP contribution in [0.15, 0.2) is 42.5 Å². The number of rotatable bonds is 5. The molecule has 0 saturated carbocycles. The first kappa shape index (κ1) is 20.4. The summed E-state index contributed by atoms with van der Waals surface area (Å²) in [6.45, 7) is 2.95. The van der Waals surface area contributed by atoms with Gasteiger partial charge in [-0.3, -0.25) is 4.79 Å². The molecule has 2 aromatic rings. The lowest BCUT2D eigenvalue weighted by Gasteiger charge is -2.45. The number of carbonyl (C=O) groups excluding carboxylic acids is 1. The molecule has 0 radical (unpaired) electrons. The van der Waals surface area contributed by atoms with Crippen LogP contribution in [0.1, 0.15) is 39.9 Å². The monoisotopic (exact) mass is 406 g/mol. The molecule has 2 aliphatic rings. The van der Waals surface area contributed by atoms with Crippen molar-refractivity contribution >= 4 is 5.91 Å². The highest BCUT2D eigenvalue weighted by molar-refractivity contribution is 5.96. The summed E-state index contributed by atoms with van der Waals surface area (Å²) < 4.78 is 17.1. The SMILES string of the molecule is COCCOc1ccc2c(c1)CCOC21CCN(C(=O)c2ccccc2C#N)CC1. The molecular weight excluding hydrogens is 380 g/mol. The van der Waals surface area contributed by atoms with Crippen molar-refractivity contribution in [1.29, 1.82) is 5.26 Å². The normalized spacial score (nSPS) is 17.3. The van der Waals surface area contributed by atoms with Crippen LogP contribution in [0, 0.1) is 11.3 Å². The van der Waals surface area contributed by atoms with Gasteiger partial charge in [-0.05, 0) is 54.7 Å². The number of ether oxygens (including phenoxy) is 3. The summed E-state index contributed by atoms with van der Waals surface area (Å²) in [7, 11) is 1.66. The molecule has 0 unspecified atom stereocenters. The highest BCUT2D eigenvalue weighted by Crippen LogP contribution is 2.42. The van der Waals surface area contributed by atoms with Crippen LogP contribution in [0.25, 0.3) is 0 Å². The summed E-state index contributed by atoms with van der Waals surface area (Å²) in [4.78, 5) is 14.8. The molecule has 30 heavy (non-hydrogen) atoms. The Hall–Kier alpha value is -2.88. The number of amides is 1. The molecule has 1 fully saturated rings. The van der Waals surface area contributed by atoms with Crippen LogP contribution in [-0.4, -0.2) is 50.8 Å². The van der Waals surface area contributed by atoms with Crippen LogP contribution in [0.4, 0.5) is 0 Å². The Morgan fingerprint density at radius 3 is 2.77 bits per heavy atom. The Balaban J connectivity index is 1.48. The van der Waals surface area contributed by atoms with Crippen molar-refractivity contribution in [3.05, 3.63) is 64.7 Å². The molecule has 0 N–H and O–H groups in total. The lowest BCUT2D eigenvalue weighted by Crippen LogP contribution is -2.48. The number of methoxy groups -OCH3 is 1. The Morgan fingerprint density at radius 1 is 1.20 bits per heavy atom. The number of carbonyl (C=O) groups is 1. The second-order valence-corrected chi connectivity index (χ2v) is 7.70. The van der Waals surface area contributed by atoms with Gasteiger partial charge in [0.2, 0.25) is 0 Å². The van der Waals surface area contributed by atoms with Crippen molar-refractivity contribution in [3.8, 4) is 11.8 Å². The van der Waals surface area contributed by atoms with E-state index < -0.39 is 0 Å². The van der Waals surface area contributed by atoms with Gasteiger partial charge in [0.05, 0.1) is 36.0 Å². The minimum absolute atomic E-state index is 0.0834. The van der Waals surface area contributed by atoms with Crippen LogP contribution >= 0.6 is 0 Å². The van der Waals surface area contributed by atoms with Crippen LogP contribution in [-0.2, 0) is 21.5 Å². The lowest BCUT2D eigenvalue weighted by molar-refractivity contribution is -0.0935. The van der Waals surface area contributed by atoms with Gasteiger partial charge in [-0.25, -0.2) is 0 Å². The maximum atomic E-state index is 13.0. The van der Waals surface area contributed by atoms with Gasteiger partial charge in [0.15, 0.2) is 0 Å². The van der Waals surface area contributed by atoms with Gasteiger partial charge in [0, 0.05) is 20.2 Å². The number of hydrogen-bond acceptors (Lipinski definition) is 5. The molecule has 156 valence electrons. The Bertz CT molecular complexity index is 958. The zero-order valence-electron chi connectivity index (χ0n) is 17.2. The molecular formula is C24H26N2O4. The molecule has 4 rings (SSSR count). The summed E-state index contributed by atoms with van der Waals surface area (Å²) >= 11 is 0. The number of benzene rings is 2. The predicted octanol–water partition coefficient (Wildman–Crippen LogP) is 3.29. The minimum Gasteiger partial charge on any atom is -0.491 e. The van der Waals surface area contributed by atoms with E-state index in [1.54, 1.807) is 31.4 Å². The van der Waals surface area contributed by atoms with E-state index in [0.29, 0.717) is 44.0 Å². The number of likely N-dealkylation sites (tertiary alicyclic amines) is 1. The summed E-state index contributed by atoms with van der Waals surface area (Å²) in [6, 6.07) is 15.3. The quantitative estimate of drug-likeness (QED) is 0.713. The van der Waals surface area contributed by atoms with E-state index in [1.807, 2.05) is 11.0 Å². The molecule has 0 atom stereocenters. The fraction of sp³-hybridized carbons (Fsp3) is 0.417. The van der Waals surface area contributed by atoms with Crippen molar-refractivity contribution < 1.29 is 19.0 Å². The second kappa shape index (κ2) is 8.86. The number of hydrogen-bond donors (Lipinski definition) is 0. The van der Waals surface area contributed by atoms with Gasteiger partial charge in [-0.1, -0.05) is 18.2 Å². The Kier molecular flexibility index (Phi) is 6.03. The van der Waals surface area contributed by atoms with Crippen LogP contribution < -0.4 is 4.74 Å².